The molecule has 0 spiro atoms. The number of rotatable bonds is 2. The summed E-state index contributed by atoms with van der Waals surface area (Å²) in [5, 5.41) is 2.63. The Hall–Kier alpha value is -1.50. The molecule has 2 aromatic carbocycles. The summed E-state index contributed by atoms with van der Waals surface area (Å²) in [7, 11) is 0. The number of ether oxygens (including phenoxy) is 1. The van der Waals surface area contributed by atoms with Gasteiger partial charge in [-0.2, -0.15) is 0 Å². The van der Waals surface area contributed by atoms with Crippen LogP contribution in [0.3, 0.4) is 0 Å². The lowest BCUT2D eigenvalue weighted by atomic mass is 9.85. The molecule has 0 aliphatic rings. The number of benzene rings is 2. The zero-order chi connectivity index (χ0) is 15.2. The molecule has 0 bridgehead atoms. The van der Waals surface area contributed by atoms with E-state index >= 15 is 0 Å². The van der Waals surface area contributed by atoms with Crippen LogP contribution in [0.4, 0.5) is 0 Å². The lowest BCUT2D eigenvalue weighted by Gasteiger charge is -2.22. The maximum Gasteiger partial charge on any atom is 0.130 e. The first-order chi connectivity index (χ1) is 9.32. The summed E-state index contributed by atoms with van der Waals surface area (Å²) in [4.78, 5) is 0. The van der Waals surface area contributed by atoms with Gasteiger partial charge < -0.3 is 4.74 Å². The van der Waals surface area contributed by atoms with Gasteiger partial charge in [0.05, 0.1) is 6.61 Å². The third kappa shape index (κ3) is 1.91. The number of hydrogen-bond donors (Lipinski definition) is 0. The minimum absolute atomic E-state index is 0.462. The predicted octanol–water partition coefficient (Wildman–Crippen LogP) is 5.21. The fraction of sp³-hybridized carbons (Fsp3) is 0.421. The fourth-order valence-corrected chi connectivity index (χ4v) is 3.17. The molecule has 0 aliphatic heterocycles. The van der Waals surface area contributed by atoms with Crippen LogP contribution < -0.4 is 4.74 Å². The van der Waals surface area contributed by atoms with Crippen molar-refractivity contribution in [3.63, 3.8) is 0 Å². The van der Waals surface area contributed by atoms with Gasteiger partial charge >= 0.3 is 0 Å². The zero-order valence-electron chi connectivity index (χ0n) is 13.8. The smallest absolute Gasteiger partial charge is 0.130 e. The van der Waals surface area contributed by atoms with E-state index in [2.05, 4.69) is 55.4 Å². The van der Waals surface area contributed by atoms with E-state index in [1.807, 2.05) is 0 Å². The Balaban J connectivity index is 3.13. The zero-order valence-corrected chi connectivity index (χ0v) is 13.8. The Labute approximate surface area is 123 Å². The van der Waals surface area contributed by atoms with Gasteiger partial charge in [-0.1, -0.05) is 0 Å². The van der Waals surface area contributed by atoms with Gasteiger partial charge in [-0.25, -0.2) is 0 Å². The molecule has 2 rings (SSSR count). The molecule has 0 saturated heterocycles. The quantitative estimate of drug-likeness (QED) is 0.727. The van der Waals surface area contributed by atoms with Gasteiger partial charge in [0.15, 0.2) is 0 Å². The van der Waals surface area contributed by atoms with Gasteiger partial charge in [0.25, 0.3) is 0 Å². The van der Waals surface area contributed by atoms with Crippen molar-refractivity contribution < 1.29 is 4.74 Å². The lowest BCUT2D eigenvalue weighted by Crippen LogP contribution is -2.04. The van der Waals surface area contributed by atoms with Crippen LogP contribution in [-0.4, -0.2) is 6.61 Å². The highest BCUT2D eigenvalue weighted by molar-refractivity contribution is 5.99. The second-order valence-corrected chi connectivity index (χ2v) is 5.80. The molecule has 1 heteroatoms. The van der Waals surface area contributed by atoms with E-state index in [9.17, 15) is 0 Å². The molecule has 0 aliphatic carbocycles. The van der Waals surface area contributed by atoms with Crippen LogP contribution in [0.15, 0.2) is 0 Å². The van der Waals surface area contributed by atoms with Crippen molar-refractivity contribution in [2.75, 3.05) is 6.61 Å². The summed E-state index contributed by atoms with van der Waals surface area (Å²) >= 11 is 0. The van der Waals surface area contributed by atoms with Crippen LogP contribution in [0.25, 0.3) is 10.8 Å². The van der Waals surface area contributed by atoms with Crippen LogP contribution in [0.2, 0.25) is 0 Å². The SMILES string of the molecule is [CH2]COc1c(C)c(C)c(C)c2c(C)c(C)c(C)c(C)c12. The van der Waals surface area contributed by atoms with E-state index < -0.39 is 0 Å². The minimum Gasteiger partial charge on any atom is -0.493 e. The summed E-state index contributed by atoms with van der Waals surface area (Å²) in [6.07, 6.45) is 0. The highest BCUT2D eigenvalue weighted by Gasteiger charge is 2.19. The number of aryl methyl sites for hydroxylation is 3. The summed E-state index contributed by atoms with van der Waals surface area (Å²) in [6, 6.07) is 0. The molecule has 0 aromatic heterocycles. The Morgan fingerprint density at radius 1 is 0.600 bits per heavy atom. The van der Waals surface area contributed by atoms with E-state index in [-0.39, 0.29) is 0 Å². The van der Waals surface area contributed by atoms with Gasteiger partial charge in [0.2, 0.25) is 0 Å². The Morgan fingerprint density at radius 3 is 1.45 bits per heavy atom. The molecule has 0 atom stereocenters. The maximum absolute atomic E-state index is 5.91. The second kappa shape index (κ2) is 5.12. The van der Waals surface area contributed by atoms with E-state index in [1.165, 1.54) is 49.7 Å². The standard InChI is InChI=1S/C19H25O/c1-9-20-19-16(8)12(4)14(6)17-13(5)10(2)11(3)15(7)18(17)19/h1,9H2,2-8H3. The molecule has 0 amide bonds. The van der Waals surface area contributed by atoms with Crippen LogP contribution in [0, 0.1) is 55.4 Å². The minimum atomic E-state index is 0.462. The third-order valence-corrected chi connectivity index (χ3v) is 5.00. The predicted molar refractivity (Wildman–Crippen MR) is 88.0 cm³/mol. The molecule has 0 fully saturated rings. The van der Waals surface area contributed by atoms with Gasteiger partial charge in [0.1, 0.15) is 5.75 Å². The lowest BCUT2D eigenvalue weighted by molar-refractivity contribution is 0.362. The second-order valence-electron chi connectivity index (χ2n) is 5.80. The molecular weight excluding hydrogens is 244 g/mol. The summed E-state index contributed by atoms with van der Waals surface area (Å²) in [5.41, 5.74) is 9.40. The molecule has 1 nitrogen and oxygen atoms in total. The average molecular weight is 269 g/mol. The van der Waals surface area contributed by atoms with Crippen LogP contribution in [0.1, 0.15) is 38.9 Å². The molecule has 2 aromatic rings. The van der Waals surface area contributed by atoms with E-state index in [4.69, 9.17) is 4.74 Å². The molecule has 0 saturated carbocycles. The molecular formula is C19H25O. The first-order valence-electron chi connectivity index (χ1n) is 7.24. The van der Waals surface area contributed by atoms with Crippen LogP contribution in [-0.2, 0) is 0 Å². The van der Waals surface area contributed by atoms with Crippen molar-refractivity contribution in [3.05, 3.63) is 45.9 Å². The molecule has 1 radical (unpaired) electrons. The fourth-order valence-electron chi connectivity index (χ4n) is 3.17. The van der Waals surface area contributed by atoms with Gasteiger partial charge in [-0.15, -0.1) is 0 Å². The number of fused-ring (bicyclic) bond motifs is 1. The molecule has 0 unspecified atom stereocenters. The molecule has 107 valence electrons. The molecule has 0 N–H and O–H groups in total. The van der Waals surface area contributed by atoms with Gasteiger partial charge in [0, 0.05) is 5.39 Å². The van der Waals surface area contributed by atoms with Crippen LogP contribution in [0.5, 0.6) is 5.75 Å². The third-order valence-electron chi connectivity index (χ3n) is 5.00. The van der Waals surface area contributed by atoms with Crippen LogP contribution >= 0.6 is 0 Å². The van der Waals surface area contributed by atoms with Crippen molar-refractivity contribution in [1.82, 2.24) is 0 Å². The van der Waals surface area contributed by atoms with E-state index in [1.54, 1.807) is 0 Å². The van der Waals surface area contributed by atoms with Crippen molar-refractivity contribution >= 4 is 10.8 Å². The van der Waals surface area contributed by atoms with Crippen molar-refractivity contribution in [2.24, 2.45) is 0 Å². The highest BCUT2D eigenvalue weighted by Crippen LogP contribution is 2.41. The van der Waals surface area contributed by atoms with Gasteiger partial charge in [-0.3, -0.25) is 0 Å². The normalized spacial score (nSPS) is 11.2. The summed E-state index contributed by atoms with van der Waals surface area (Å²) in [5.74, 6) is 1.02. The Kier molecular flexibility index (Phi) is 3.82. The van der Waals surface area contributed by atoms with Crippen molar-refractivity contribution in [1.29, 1.82) is 0 Å². The molecule has 0 heterocycles. The summed E-state index contributed by atoms with van der Waals surface area (Å²) in [6.45, 7) is 19.7. The Bertz CT molecular complexity index is 685. The average Bonchev–Trinajstić information content (AvgIpc) is 2.43. The Morgan fingerprint density at radius 2 is 1.00 bits per heavy atom. The van der Waals surface area contributed by atoms with Crippen molar-refractivity contribution in [3.8, 4) is 5.75 Å². The molecule has 20 heavy (non-hydrogen) atoms. The van der Waals surface area contributed by atoms with E-state index in [0.29, 0.717) is 6.61 Å². The maximum atomic E-state index is 5.91. The topological polar surface area (TPSA) is 9.23 Å². The first kappa shape index (κ1) is 14.9. The van der Waals surface area contributed by atoms with Gasteiger partial charge in [-0.05, 0) is 99.7 Å². The number of hydrogen-bond acceptors (Lipinski definition) is 1. The largest absolute Gasteiger partial charge is 0.493 e. The monoisotopic (exact) mass is 269 g/mol. The van der Waals surface area contributed by atoms with Crippen molar-refractivity contribution in [2.45, 2.75) is 48.5 Å². The first-order valence-corrected chi connectivity index (χ1v) is 7.24. The summed E-state index contributed by atoms with van der Waals surface area (Å²) < 4.78 is 5.91. The van der Waals surface area contributed by atoms with E-state index in [0.717, 1.165) is 5.75 Å². The highest BCUT2D eigenvalue weighted by atomic mass is 16.5.